The van der Waals surface area contributed by atoms with Crippen LogP contribution in [0.3, 0.4) is 0 Å². The Labute approximate surface area is 116 Å². The van der Waals surface area contributed by atoms with Crippen LogP contribution < -0.4 is 5.73 Å². The highest BCUT2D eigenvalue weighted by Gasteiger charge is 2.58. The van der Waals surface area contributed by atoms with Crippen LogP contribution in [0.25, 0.3) is 0 Å². The quantitative estimate of drug-likeness (QED) is 0.851. The Bertz CT molecular complexity index is 353. The highest BCUT2D eigenvalue weighted by Crippen LogP contribution is 2.64. The Hall–Kier alpha value is -0.570. The van der Waals surface area contributed by atoms with E-state index in [-0.39, 0.29) is 18.0 Å². The maximum atomic E-state index is 12.1. The largest absolute Gasteiger partial charge is 0.339 e. The molecule has 0 aromatic carbocycles. The molecule has 0 radical (unpaired) electrons. The highest BCUT2D eigenvalue weighted by molar-refractivity contribution is 5.78. The maximum Gasteiger partial charge on any atom is 0.236 e. The number of carbonyl (C=O) groups excluding carboxylic acids is 1. The third kappa shape index (κ3) is 1.84. The topological polar surface area (TPSA) is 46.3 Å². The lowest BCUT2D eigenvalue weighted by atomic mass is 9.45. The lowest BCUT2D eigenvalue weighted by molar-refractivity contribution is -0.156. The van der Waals surface area contributed by atoms with Gasteiger partial charge in [0.15, 0.2) is 0 Å². The van der Waals surface area contributed by atoms with Gasteiger partial charge in [0.2, 0.25) is 5.91 Å². The molecule has 0 aliphatic heterocycles. The fourth-order valence-electron chi connectivity index (χ4n) is 5.66. The van der Waals surface area contributed by atoms with Gasteiger partial charge in [-0.05, 0) is 75.5 Å². The molecule has 4 fully saturated rings. The molecule has 4 aliphatic carbocycles. The van der Waals surface area contributed by atoms with Crippen LogP contribution >= 0.6 is 0 Å². The molecule has 3 heteroatoms. The van der Waals surface area contributed by atoms with Crippen molar-refractivity contribution in [1.29, 1.82) is 0 Å². The van der Waals surface area contributed by atoms with Gasteiger partial charge in [-0.3, -0.25) is 4.79 Å². The van der Waals surface area contributed by atoms with E-state index in [1.54, 1.807) is 0 Å². The van der Waals surface area contributed by atoms with Gasteiger partial charge in [-0.2, -0.15) is 0 Å². The summed E-state index contributed by atoms with van der Waals surface area (Å²) in [7, 11) is 1.95. The van der Waals surface area contributed by atoms with Gasteiger partial charge in [0.1, 0.15) is 0 Å². The normalized spacial score (nSPS) is 40.5. The summed E-state index contributed by atoms with van der Waals surface area (Å²) in [5.74, 6) is 2.85. The molecule has 0 aromatic heterocycles. The van der Waals surface area contributed by atoms with Crippen LogP contribution in [0.1, 0.15) is 52.4 Å². The van der Waals surface area contributed by atoms with E-state index in [2.05, 4.69) is 13.8 Å². The zero-order chi connectivity index (χ0) is 13.8. The molecule has 0 unspecified atom stereocenters. The summed E-state index contributed by atoms with van der Waals surface area (Å²) in [5, 5.41) is 0. The van der Waals surface area contributed by atoms with Crippen LogP contribution in [0, 0.1) is 23.2 Å². The minimum absolute atomic E-state index is 0.0561. The SMILES string of the molecule is CN(C(=O)CN)C(C)(C)C12CC3CC(CC(C3)C1)C2. The number of hydrogen-bond acceptors (Lipinski definition) is 2. The molecule has 0 aromatic rings. The van der Waals surface area contributed by atoms with Gasteiger partial charge >= 0.3 is 0 Å². The molecule has 2 N–H and O–H groups in total. The predicted octanol–water partition coefficient (Wildman–Crippen LogP) is 2.40. The monoisotopic (exact) mass is 264 g/mol. The Kier molecular flexibility index (Phi) is 2.97. The molecule has 0 heterocycles. The van der Waals surface area contributed by atoms with Crippen LogP contribution in [0.5, 0.6) is 0 Å². The van der Waals surface area contributed by atoms with Crippen molar-refractivity contribution in [2.45, 2.75) is 57.9 Å². The fourth-order valence-corrected chi connectivity index (χ4v) is 5.66. The van der Waals surface area contributed by atoms with Crippen molar-refractivity contribution in [3.8, 4) is 0 Å². The molecule has 4 saturated carbocycles. The summed E-state index contributed by atoms with van der Waals surface area (Å²) < 4.78 is 0. The molecule has 4 rings (SSSR count). The lowest BCUT2D eigenvalue weighted by Crippen LogP contribution is -2.63. The smallest absolute Gasteiger partial charge is 0.236 e. The van der Waals surface area contributed by atoms with Gasteiger partial charge in [0, 0.05) is 12.6 Å². The number of nitrogens with zero attached hydrogens (tertiary/aromatic N) is 1. The Balaban J connectivity index is 1.89. The zero-order valence-corrected chi connectivity index (χ0v) is 12.6. The number of nitrogens with two attached hydrogens (primary N) is 1. The van der Waals surface area contributed by atoms with E-state index in [0.717, 1.165) is 17.8 Å². The molecule has 4 bridgehead atoms. The number of rotatable bonds is 3. The van der Waals surface area contributed by atoms with Gasteiger partial charge in [0.05, 0.1) is 6.54 Å². The van der Waals surface area contributed by atoms with E-state index in [9.17, 15) is 4.79 Å². The second-order valence-corrected chi connectivity index (χ2v) is 7.91. The van der Waals surface area contributed by atoms with Gasteiger partial charge in [0.25, 0.3) is 0 Å². The zero-order valence-electron chi connectivity index (χ0n) is 12.6. The van der Waals surface area contributed by atoms with Gasteiger partial charge in [-0.15, -0.1) is 0 Å². The van der Waals surface area contributed by atoms with Crippen molar-refractivity contribution >= 4 is 5.91 Å². The van der Waals surface area contributed by atoms with Crippen LogP contribution in [-0.4, -0.2) is 29.9 Å². The second-order valence-electron chi connectivity index (χ2n) is 7.91. The second kappa shape index (κ2) is 4.21. The van der Waals surface area contributed by atoms with Crippen molar-refractivity contribution in [1.82, 2.24) is 4.90 Å². The van der Waals surface area contributed by atoms with Crippen molar-refractivity contribution in [3.05, 3.63) is 0 Å². The molecular weight excluding hydrogens is 236 g/mol. The Morgan fingerprint density at radius 2 is 1.58 bits per heavy atom. The Morgan fingerprint density at radius 3 is 1.95 bits per heavy atom. The minimum Gasteiger partial charge on any atom is -0.339 e. The first-order valence-corrected chi connectivity index (χ1v) is 7.85. The average Bonchev–Trinajstić information content (AvgIpc) is 2.35. The Morgan fingerprint density at radius 1 is 1.16 bits per heavy atom. The number of amides is 1. The molecule has 108 valence electrons. The summed E-state index contributed by atoms with van der Waals surface area (Å²) >= 11 is 0. The number of carbonyl (C=O) groups is 1. The maximum absolute atomic E-state index is 12.1. The minimum atomic E-state index is -0.0561. The van der Waals surface area contributed by atoms with Crippen LogP contribution in [0.15, 0.2) is 0 Å². The summed E-state index contributed by atoms with van der Waals surface area (Å²) in [5.41, 5.74) is 5.86. The first-order chi connectivity index (χ1) is 8.88. The van der Waals surface area contributed by atoms with Crippen molar-refractivity contribution in [2.24, 2.45) is 28.9 Å². The fraction of sp³-hybridized carbons (Fsp3) is 0.938. The molecule has 4 aliphatic rings. The third-order valence-electron chi connectivity index (χ3n) is 6.72. The summed E-state index contributed by atoms with van der Waals surface area (Å²) in [6, 6.07) is 0. The lowest BCUT2D eigenvalue weighted by Gasteiger charge is -2.64. The van der Waals surface area contributed by atoms with E-state index in [1.165, 1.54) is 38.5 Å². The van der Waals surface area contributed by atoms with Crippen molar-refractivity contribution in [3.63, 3.8) is 0 Å². The van der Waals surface area contributed by atoms with Gasteiger partial charge in [-0.25, -0.2) is 0 Å². The van der Waals surface area contributed by atoms with E-state index < -0.39 is 0 Å². The summed E-state index contributed by atoms with van der Waals surface area (Å²) in [6.07, 6.45) is 8.33. The molecular formula is C16H28N2O. The van der Waals surface area contributed by atoms with E-state index in [1.807, 2.05) is 11.9 Å². The van der Waals surface area contributed by atoms with E-state index in [0.29, 0.717) is 5.41 Å². The first kappa shape index (κ1) is 13.4. The van der Waals surface area contributed by atoms with Crippen molar-refractivity contribution < 1.29 is 4.79 Å². The highest BCUT2D eigenvalue weighted by atomic mass is 16.2. The molecule has 1 amide bonds. The average molecular weight is 264 g/mol. The number of hydrogen-bond donors (Lipinski definition) is 1. The molecule has 19 heavy (non-hydrogen) atoms. The molecule has 3 nitrogen and oxygen atoms in total. The molecule has 0 atom stereocenters. The van der Waals surface area contributed by atoms with E-state index >= 15 is 0 Å². The van der Waals surface area contributed by atoms with Crippen LogP contribution in [-0.2, 0) is 4.79 Å². The summed E-state index contributed by atoms with van der Waals surface area (Å²) in [6.45, 7) is 4.67. The first-order valence-electron chi connectivity index (χ1n) is 7.85. The van der Waals surface area contributed by atoms with Crippen LogP contribution in [0.4, 0.5) is 0 Å². The van der Waals surface area contributed by atoms with Crippen molar-refractivity contribution in [2.75, 3.05) is 13.6 Å². The van der Waals surface area contributed by atoms with Gasteiger partial charge < -0.3 is 10.6 Å². The van der Waals surface area contributed by atoms with Crippen LogP contribution in [0.2, 0.25) is 0 Å². The number of likely N-dealkylation sites (N-methyl/N-ethyl adjacent to an activating group) is 1. The summed E-state index contributed by atoms with van der Waals surface area (Å²) in [4.78, 5) is 14.0. The third-order valence-corrected chi connectivity index (χ3v) is 6.72. The standard InChI is InChI=1S/C16H28N2O/c1-15(2,18(3)14(19)10-17)16-7-11-4-12(8-16)6-13(5-11)9-16/h11-13H,4-10,17H2,1-3H3. The van der Waals surface area contributed by atoms with E-state index in [4.69, 9.17) is 5.73 Å². The predicted molar refractivity (Wildman–Crippen MR) is 76.5 cm³/mol. The molecule has 0 saturated heterocycles. The molecule has 0 spiro atoms. The van der Waals surface area contributed by atoms with Gasteiger partial charge in [-0.1, -0.05) is 0 Å².